The molecule has 0 bridgehead atoms. The second-order valence-corrected chi connectivity index (χ2v) is 5.84. The lowest BCUT2D eigenvalue weighted by molar-refractivity contribution is -0.140. The average molecular weight is 407 g/mol. The van der Waals surface area contributed by atoms with E-state index in [0.717, 1.165) is 0 Å². The van der Waals surface area contributed by atoms with Gasteiger partial charge >= 0.3 is 5.97 Å². The summed E-state index contributed by atoms with van der Waals surface area (Å²) >= 11 is 3.09. The minimum Gasteiger partial charge on any atom is -0.480 e. The number of rotatable bonds is 6. The molecule has 1 aromatic carbocycles. The van der Waals surface area contributed by atoms with Crippen LogP contribution in [0.5, 0.6) is 0 Å². The van der Waals surface area contributed by atoms with Crippen LogP contribution in [0.3, 0.4) is 0 Å². The highest BCUT2D eigenvalue weighted by molar-refractivity contribution is 9.10. The third-order valence-electron chi connectivity index (χ3n) is 3.12. The van der Waals surface area contributed by atoms with Crippen LogP contribution in [0.4, 0.5) is 0 Å². The zero-order valence-electron chi connectivity index (χ0n) is 13.2. The Bertz CT molecular complexity index is 813. The van der Waals surface area contributed by atoms with Crippen LogP contribution in [0.15, 0.2) is 57.2 Å². The first kappa shape index (κ1) is 18.5. The van der Waals surface area contributed by atoms with E-state index >= 15 is 0 Å². The van der Waals surface area contributed by atoms with Gasteiger partial charge in [0, 0.05) is 0 Å². The molecule has 7 nitrogen and oxygen atoms in total. The normalized spacial score (nSPS) is 12.3. The topological polar surface area (TPSA) is 109 Å². The van der Waals surface area contributed by atoms with Crippen molar-refractivity contribution in [3.63, 3.8) is 0 Å². The zero-order valence-corrected chi connectivity index (χ0v) is 14.7. The maximum atomic E-state index is 12.3. The largest absolute Gasteiger partial charge is 0.480 e. The highest BCUT2D eigenvalue weighted by atomic mass is 79.9. The van der Waals surface area contributed by atoms with E-state index in [0.29, 0.717) is 10.2 Å². The molecule has 0 saturated carbocycles. The predicted octanol–water partition coefficient (Wildman–Crippen LogP) is 2.40. The molecule has 0 fully saturated rings. The van der Waals surface area contributed by atoms with Gasteiger partial charge in [-0.3, -0.25) is 14.4 Å². The quantitative estimate of drug-likeness (QED) is 0.638. The fourth-order valence-corrected chi connectivity index (χ4v) is 2.14. The fourth-order valence-electron chi connectivity index (χ4n) is 1.83. The van der Waals surface area contributed by atoms with Crippen LogP contribution in [-0.4, -0.2) is 28.9 Å². The minimum absolute atomic E-state index is 0.00456. The lowest BCUT2D eigenvalue weighted by Crippen LogP contribution is -2.42. The summed E-state index contributed by atoms with van der Waals surface area (Å²) in [5.74, 6) is -2.54. The van der Waals surface area contributed by atoms with Gasteiger partial charge in [-0.15, -0.1) is 0 Å². The number of carboxylic acid groups (broad SMARTS) is 1. The van der Waals surface area contributed by atoms with Gasteiger partial charge in [-0.1, -0.05) is 30.3 Å². The van der Waals surface area contributed by atoms with Crippen LogP contribution in [-0.2, 0) is 9.59 Å². The van der Waals surface area contributed by atoms with Gasteiger partial charge in [-0.25, -0.2) is 0 Å². The van der Waals surface area contributed by atoms with Gasteiger partial charge in [0.15, 0.2) is 10.4 Å². The molecule has 1 heterocycles. The number of furan rings is 1. The zero-order chi connectivity index (χ0) is 18.4. The fraction of sp³-hybridized carbons (Fsp3) is 0.118. The van der Waals surface area contributed by atoms with Crippen molar-refractivity contribution >= 4 is 39.8 Å². The van der Waals surface area contributed by atoms with Crippen LogP contribution < -0.4 is 10.6 Å². The van der Waals surface area contributed by atoms with Gasteiger partial charge in [0.05, 0.1) is 0 Å². The first-order valence-corrected chi connectivity index (χ1v) is 8.03. The molecule has 2 rings (SSSR count). The Morgan fingerprint density at radius 3 is 2.40 bits per heavy atom. The van der Waals surface area contributed by atoms with Crippen molar-refractivity contribution in [1.29, 1.82) is 0 Å². The molecular formula is C17H15BrN2O5. The Hall–Kier alpha value is -2.87. The average Bonchev–Trinajstić information content (AvgIpc) is 3.01. The lowest BCUT2D eigenvalue weighted by atomic mass is 10.2. The van der Waals surface area contributed by atoms with E-state index < -0.39 is 23.8 Å². The number of benzene rings is 1. The van der Waals surface area contributed by atoms with Crippen molar-refractivity contribution in [2.24, 2.45) is 0 Å². The molecule has 25 heavy (non-hydrogen) atoms. The summed E-state index contributed by atoms with van der Waals surface area (Å²) in [6.45, 7) is 1.33. The molecule has 3 N–H and O–H groups in total. The van der Waals surface area contributed by atoms with Gasteiger partial charge in [0.1, 0.15) is 11.7 Å². The highest BCUT2D eigenvalue weighted by Crippen LogP contribution is 2.14. The van der Waals surface area contributed by atoms with E-state index in [9.17, 15) is 14.4 Å². The number of aliphatic carboxylic acids is 1. The molecule has 8 heteroatoms. The second kappa shape index (κ2) is 8.29. The van der Waals surface area contributed by atoms with Crippen LogP contribution in [0.2, 0.25) is 0 Å². The number of nitrogens with one attached hydrogen (secondary N) is 2. The Labute approximate surface area is 151 Å². The number of carboxylic acids is 1. The highest BCUT2D eigenvalue weighted by Gasteiger charge is 2.20. The molecule has 1 unspecified atom stereocenters. The Balaban J connectivity index is 2.25. The Kier molecular flexibility index (Phi) is 6.13. The number of hydrogen-bond donors (Lipinski definition) is 3. The standard InChI is InChI=1S/C17H15BrN2O5/c1-10(17(23)24)19-15(21)12(9-11-5-3-2-4-6-11)20-16(22)13-7-8-14(18)25-13/h2-10H,1H3,(H,19,21)(H,20,22)(H,23,24). The molecule has 0 saturated heterocycles. The van der Waals surface area contributed by atoms with E-state index in [1.807, 2.05) is 6.07 Å². The number of halogens is 1. The van der Waals surface area contributed by atoms with Gasteiger partial charge in [-0.05, 0) is 46.6 Å². The molecular weight excluding hydrogens is 392 g/mol. The van der Waals surface area contributed by atoms with Gasteiger partial charge in [0.2, 0.25) is 0 Å². The summed E-state index contributed by atoms with van der Waals surface area (Å²) in [5, 5.41) is 13.7. The first-order valence-electron chi connectivity index (χ1n) is 7.24. The van der Waals surface area contributed by atoms with E-state index in [2.05, 4.69) is 26.6 Å². The van der Waals surface area contributed by atoms with Crippen molar-refractivity contribution in [3.05, 3.63) is 64.2 Å². The maximum Gasteiger partial charge on any atom is 0.325 e. The van der Waals surface area contributed by atoms with Crippen molar-refractivity contribution in [2.75, 3.05) is 0 Å². The predicted molar refractivity (Wildman–Crippen MR) is 93.5 cm³/mol. The van der Waals surface area contributed by atoms with E-state index in [1.165, 1.54) is 19.1 Å². The summed E-state index contributed by atoms with van der Waals surface area (Å²) < 4.78 is 5.52. The first-order chi connectivity index (χ1) is 11.9. The number of carbonyl (C=O) groups is 3. The third kappa shape index (κ3) is 5.32. The van der Waals surface area contributed by atoms with E-state index in [4.69, 9.17) is 9.52 Å². The van der Waals surface area contributed by atoms with Crippen LogP contribution in [0, 0.1) is 0 Å². The molecule has 130 valence electrons. The molecule has 0 aliphatic carbocycles. The van der Waals surface area contributed by atoms with Crippen LogP contribution in [0.1, 0.15) is 23.0 Å². The molecule has 0 spiro atoms. The van der Waals surface area contributed by atoms with Crippen molar-refractivity contribution in [3.8, 4) is 0 Å². The van der Waals surface area contributed by atoms with E-state index in [-0.39, 0.29) is 11.5 Å². The Morgan fingerprint density at radius 2 is 1.84 bits per heavy atom. The van der Waals surface area contributed by atoms with Crippen LogP contribution >= 0.6 is 15.9 Å². The monoisotopic (exact) mass is 406 g/mol. The van der Waals surface area contributed by atoms with E-state index in [1.54, 1.807) is 30.3 Å². The van der Waals surface area contributed by atoms with Gasteiger partial charge < -0.3 is 20.2 Å². The SMILES string of the molecule is CC(NC(=O)C(=Cc1ccccc1)NC(=O)c1ccc(Br)o1)C(=O)O. The smallest absolute Gasteiger partial charge is 0.325 e. The van der Waals surface area contributed by atoms with Gasteiger partial charge in [0.25, 0.3) is 11.8 Å². The van der Waals surface area contributed by atoms with Crippen LogP contribution in [0.25, 0.3) is 6.08 Å². The summed E-state index contributed by atoms with van der Waals surface area (Å²) in [6, 6.07) is 10.7. The molecule has 2 aromatic rings. The molecule has 0 radical (unpaired) electrons. The van der Waals surface area contributed by atoms with Crippen molar-refractivity contribution < 1.29 is 23.9 Å². The molecule has 1 atom stereocenters. The summed E-state index contributed by atoms with van der Waals surface area (Å²) in [5.41, 5.74) is 0.563. The van der Waals surface area contributed by atoms with Crippen molar-refractivity contribution in [1.82, 2.24) is 10.6 Å². The number of carbonyl (C=O) groups excluding carboxylic acids is 2. The lowest BCUT2D eigenvalue weighted by Gasteiger charge is -2.13. The summed E-state index contributed by atoms with van der Waals surface area (Å²) in [6.07, 6.45) is 1.44. The summed E-state index contributed by atoms with van der Waals surface area (Å²) in [7, 11) is 0. The molecule has 1 aromatic heterocycles. The second-order valence-electron chi connectivity index (χ2n) is 5.06. The minimum atomic E-state index is -1.19. The number of hydrogen-bond acceptors (Lipinski definition) is 4. The third-order valence-corrected chi connectivity index (χ3v) is 3.54. The molecule has 0 aliphatic rings. The number of amides is 2. The molecule has 2 amide bonds. The molecule has 0 aliphatic heterocycles. The van der Waals surface area contributed by atoms with Crippen molar-refractivity contribution in [2.45, 2.75) is 13.0 Å². The summed E-state index contributed by atoms with van der Waals surface area (Å²) in [4.78, 5) is 35.5. The maximum absolute atomic E-state index is 12.3. The Morgan fingerprint density at radius 1 is 1.16 bits per heavy atom. The van der Waals surface area contributed by atoms with Gasteiger partial charge in [-0.2, -0.15) is 0 Å².